The summed E-state index contributed by atoms with van der Waals surface area (Å²) in [4.78, 5) is 4.78. The van der Waals surface area contributed by atoms with E-state index in [0.717, 1.165) is 29.9 Å². The second kappa shape index (κ2) is 9.18. The van der Waals surface area contributed by atoms with Crippen molar-refractivity contribution < 1.29 is 4.74 Å². The molecule has 0 saturated heterocycles. The SMILES string of the molecule is CCc1ccc(C(C)N=Cc2ccc(Oc3ccccc3)cc2)c(CC)c1. The Morgan fingerprint density at radius 2 is 1.56 bits per heavy atom. The number of ether oxygens (including phenoxy) is 1. The number of benzene rings is 3. The zero-order valence-corrected chi connectivity index (χ0v) is 16.4. The first-order valence-electron chi connectivity index (χ1n) is 9.67. The third kappa shape index (κ3) is 5.07. The molecule has 3 aromatic rings. The first-order valence-corrected chi connectivity index (χ1v) is 9.67. The van der Waals surface area contributed by atoms with Gasteiger partial charge in [-0.3, -0.25) is 4.99 Å². The Morgan fingerprint density at radius 3 is 2.22 bits per heavy atom. The van der Waals surface area contributed by atoms with Gasteiger partial charge in [-0.2, -0.15) is 0 Å². The zero-order valence-electron chi connectivity index (χ0n) is 16.4. The van der Waals surface area contributed by atoms with Crippen molar-refractivity contribution in [2.45, 2.75) is 39.7 Å². The largest absolute Gasteiger partial charge is 0.457 e. The van der Waals surface area contributed by atoms with E-state index in [1.54, 1.807) is 0 Å². The van der Waals surface area contributed by atoms with E-state index < -0.39 is 0 Å². The van der Waals surface area contributed by atoms with Gasteiger partial charge in [-0.25, -0.2) is 0 Å². The van der Waals surface area contributed by atoms with E-state index in [9.17, 15) is 0 Å². The number of nitrogens with zero attached hydrogens (tertiary/aromatic N) is 1. The van der Waals surface area contributed by atoms with Crippen LogP contribution in [-0.2, 0) is 12.8 Å². The molecule has 0 N–H and O–H groups in total. The smallest absolute Gasteiger partial charge is 0.127 e. The molecule has 1 unspecified atom stereocenters. The molecule has 2 heteroatoms. The third-order valence-electron chi connectivity index (χ3n) is 4.75. The lowest BCUT2D eigenvalue weighted by molar-refractivity contribution is 0.482. The molecule has 27 heavy (non-hydrogen) atoms. The Balaban J connectivity index is 1.68. The normalized spacial score (nSPS) is 12.3. The fraction of sp³-hybridized carbons (Fsp3) is 0.240. The van der Waals surface area contributed by atoms with Crippen LogP contribution in [0.25, 0.3) is 0 Å². The van der Waals surface area contributed by atoms with E-state index in [0.29, 0.717) is 0 Å². The van der Waals surface area contributed by atoms with Crippen LogP contribution >= 0.6 is 0 Å². The van der Waals surface area contributed by atoms with E-state index in [-0.39, 0.29) is 6.04 Å². The molecule has 0 spiro atoms. The van der Waals surface area contributed by atoms with Crippen LogP contribution in [0.2, 0.25) is 0 Å². The molecule has 0 amide bonds. The number of hydrogen-bond acceptors (Lipinski definition) is 2. The molecule has 0 heterocycles. The van der Waals surface area contributed by atoms with Crippen LogP contribution in [0, 0.1) is 0 Å². The minimum absolute atomic E-state index is 0.145. The molecule has 0 aliphatic rings. The minimum atomic E-state index is 0.145. The predicted molar refractivity (Wildman–Crippen MR) is 114 cm³/mol. The summed E-state index contributed by atoms with van der Waals surface area (Å²) in [6.45, 7) is 6.56. The Kier molecular flexibility index (Phi) is 6.43. The van der Waals surface area contributed by atoms with Crippen molar-refractivity contribution in [2.75, 3.05) is 0 Å². The van der Waals surface area contributed by atoms with Crippen LogP contribution in [0.3, 0.4) is 0 Å². The molecule has 0 radical (unpaired) electrons. The molecular formula is C25H27NO. The molecule has 0 aliphatic heterocycles. The van der Waals surface area contributed by atoms with Gasteiger partial charge in [-0.05, 0) is 78.4 Å². The first-order chi connectivity index (χ1) is 13.2. The van der Waals surface area contributed by atoms with Crippen LogP contribution in [-0.4, -0.2) is 6.21 Å². The van der Waals surface area contributed by atoms with Gasteiger partial charge in [0, 0.05) is 6.21 Å². The molecule has 3 rings (SSSR count). The third-order valence-corrected chi connectivity index (χ3v) is 4.75. The summed E-state index contributed by atoms with van der Waals surface area (Å²) in [6, 6.07) is 24.8. The maximum Gasteiger partial charge on any atom is 0.127 e. The second-order valence-electron chi connectivity index (χ2n) is 6.68. The number of aryl methyl sites for hydroxylation is 2. The molecule has 0 aromatic heterocycles. The molecule has 3 aromatic carbocycles. The fourth-order valence-electron chi connectivity index (χ4n) is 3.12. The number of aliphatic imine (C=N–C) groups is 1. The Hall–Kier alpha value is -2.87. The molecule has 0 aliphatic carbocycles. The van der Waals surface area contributed by atoms with Crippen molar-refractivity contribution >= 4 is 6.21 Å². The van der Waals surface area contributed by atoms with E-state index >= 15 is 0 Å². The number of para-hydroxylation sites is 1. The van der Waals surface area contributed by atoms with Crippen molar-refractivity contribution in [3.63, 3.8) is 0 Å². The zero-order chi connectivity index (χ0) is 19.1. The van der Waals surface area contributed by atoms with E-state index in [1.165, 1.54) is 16.7 Å². The van der Waals surface area contributed by atoms with Crippen LogP contribution in [0.1, 0.15) is 49.1 Å². The van der Waals surface area contributed by atoms with Crippen LogP contribution in [0.4, 0.5) is 0 Å². The molecule has 0 bridgehead atoms. The Bertz CT molecular complexity index is 882. The Labute approximate surface area is 162 Å². The average Bonchev–Trinajstić information content (AvgIpc) is 2.73. The quantitative estimate of drug-likeness (QED) is 0.427. The van der Waals surface area contributed by atoms with E-state index in [1.807, 2.05) is 60.8 Å². The molecular weight excluding hydrogens is 330 g/mol. The van der Waals surface area contributed by atoms with E-state index in [4.69, 9.17) is 9.73 Å². The summed E-state index contributed by atoms with van der Waals surface area (Å²) >= 11 is 0. The van der Waals surface area contributed by atoms with Crippen LogP contribution in [0.5, 0.6) is 11.5 Å². The van der Waals surface area contributed by atoms with Crippen molar-refractivity contribution in [1.29, 1.82) is 0 Å². The summed E-state index contributed by atoms with van der Waals surface area (Å²) in [7, 11) is 0. The van der Waals surface area contributed by atoms with E-state index in [2.05, 4.69) is 39.0 Å². The summed E-state index contributed by atoms with van der Waals surface area (Å²) in [5, 5.41) is 0. The Morgan fingerprint density at radius 1 is 0.852 bits per heavy atom. The standard InChI is InChI=1S/C25H27NO/c1-4-20-13-16-25(22(5-2)17-20)19(3)26-18-21-11-14-24(15-12-21)27-23-9-7-6-8-10-23/h6-19H,4-5H2,1-3H3. The van der Waals surface area contributed by atoms with Crippen molar-refractivity contribution in [1.82, 2.24) is 0 Å². The fourth-order valence-corrected chi connectivity index (χ4v) is 3.12. The highest BCUT2D eigenvalue weighted by atomic mass is 16.5. The molecule has 138 valence electrons. The van der Waals surface area contributed by atoms with Gasteiger partial charge >= 0.3 is 0 Å². The van der Waals surface area contributed by atoms with Gasteiger partial charge in [-0.15, -0.1) is 0 Å². The number of rotatable bonds is 7. The van der Waals surface area contributed by atoms with Gasteiger partial charge in [0.25, 0.3) is 0 Å². The van der Waals surface area contributed by atoms with Crippen molar-refractivity contribution in [2.24, 2.45) is 4.99 Å². The van der Waals surface area contributed by atoms with Gasteiger partial charge < -0.3 is 4.74 Å². The van der Waals surface area contributed by atoms with Crippen molar-refractivity contribution in [3.8, 4) is 11.5 Å². The molecule has 1 atom stereocenters. The average molecular weight is 357 g/mol. The molecule has 0 fully saturated rings. The maximum atomic E-state index is 5.84. The summed E-state index contributed by atoms with van der Waals surface area (Å²) < 4.78 is 5.84. The van der Waals surface area contributed by atoms with Gasteiger partial charge in [-0.1, -0.05) is 50.2 Å². The number of hydrogen-bond donors (Lipinski definition) is 0. The predicted octanol–water partition coefficient (Wildman–Crippen LogP) is 6.78. The lowest BCUT2D eigenvalue weighted by Crippen LogP contribution is -1.99. The monoisotopic (exact) mass is 357 g/mol. The van der Waals surface area contributed by atoms with Crippen LogP contribution in [0.15, 0.2) is 77.8 Å². The summed E-state index contributed by atoms with van der Waals surface area (Å²) in [6.07, 6.45) is 4.06. The summed E-state index contributed by atoms with van der Waals surface area (Å²) in [5.74, 6) is 1.67. The van der Waals surface area contributed by atoms with Gasteiger partial charge in [0.05, 0.1) is 6.04 Å². The highest BCUT2D eigenvalue weighted by molar-refractivity contribution is 5.80. The molecule has 2 nitrogen and oxygen atoms in total. The highest BCUT2D eigenvalue weighted by Crippen LogP contribution is 2.24. The van der Waals surface area contributed by atoms with Gasteiger partial charge in [0.1, 0.15) is 11.5 Å². The maximum absolute atomic E-state index is 5.84. The van der Waals surface area contributed by atoms with Gasteiger partial charge in [0.15, 0.2) is 0 Å². The lowest BCUT2D eigenvalue weighted by atomic mass is 9.96. The molecule has 0 saturated carbocycles. The van der Waals surface area contributed by atoms with Crippen LogP contribution < -0.4 is 4.74 Å². The van der Waals surface area contributed by atoms with Gasteiger partial charge in [0.2, 0.25) is 0 Å². The first kappa shape index (κ1) is 18.9. The minimum Gasteiger partial charge on any atom is -0.457 e. The summed E-state index contributed by atoms with van der Waals surface area (Å²) in [5.41, 5.74) is 5.17. The topological polar surface area (TPSA) is 21.6 Å². The second-order valence-corrected chi connectivity index (χ2v) is 6.68. The highest BCUT2D eigenvalue weighted by Gasteiger charge is 2.08. The van der Waals surface area contributed by atoms with Crippen molar-refractivity contribution in [3.05, 3.63) is 95.1 Å². The lowest BCUT2D eigenvalue weighted by Gasteiger charge is -2.13.